The Bertz CT molecular complexity index is 700. The molecule has 0 fully saturated rings. The van der Waals surface area contributed by atoms with Crippen molar-refractivity contribution in [3.8, 4) is 0 Å². The monoisotopic (exact) mass is 253 g/mol. The summed E-state index contributed by atoms with van der Waals surface area (Å²) >= 11 is 0. The molecule has 0 saturated heterocycles. The number of aryl methyl sites for hydroxylation is 1. The van der Waals surface area contributed by atoms with Crippen LogP contribution in [0.4, 0.5) is 0 Å². The molecule has 3 aromatic rings. The van der Waals surface area contributed by atoms with Crippen molar-refractivity contribution in [1.82, 2.24) is 14.8 Å². The average Bonchev–Trinajstić information content (AvgIpc) is 2.83. The van der Waals surface area contributed by atoms with Crippen LogP contribution in [-0.4, -0.2) is 19.9 Å². The molecule has 0 radical (unpaired) electrons. The number of benzene rings is 2. The molecule has 0 spiro atoms. The molecule has 1 aromatic heterocycles. The number of hydrogen-bond donors (Lipinski definition) is 1. The molecule has 3 rings (SSSR count). The molecule has 19 heavy (non-hydrogen) atoms. The Morgan fingerprint density at radius 2 is 1.95 bits per heavy atom. The Hall–Kier alpha value is -2.20. The van der Waals surface area contributed by atoms with E-state index in [1.54, 1.807) is 4.68 Å². The predicted octanol–water partition coefficient (Wildman–Crippen LogP) is 2.24. The third-order valence-corrected chi connectivity index (χ3v) is 3.36. The summed E-state index contributed by atoms with van der Waals surface area (Å²) in [5.41, 5.74) is 0.932. The van der Waals surface area contributed by atoms with Crippen LogP contribution < -0.4 is 0 Å². The zero-order valence-corrected chi connectivity index (χ0v) is 10.7. The molecular weight excluding hydrogens is 238 g/mol. The van der Waals surface area contributed by atoms with Gasteiger partial charge in [-0.05, 0) is 16.3 Å². The van der Waals surface area contributed by atoms with Crippen LogP contribution in [-0.2, 0) is 13.5 Å². The third kappa shape index (κ3) is 2.22. The first-order valence-electron chi connectivity index (χ1n) is 6.24. The van der Waals surface area contributed by atoms with Crippen molar-refractivity contribution >= 4 is 10.8 Å². The molecule has 1 atom stereocenters. The second-order valence-corrected chi connectivity index (χ2v) is 4.59. The highest BCUT2D eigenvalue weighted by Crippen LogP contribution is 2.25. The number of hydrogen-bond acceptors (Lipinski definition) is 3. The summed E-state index contributed by atoms with van der Waals surface area (Å²) in [4.78, 5) is 4.15. The smallest absolute Gasteiger partial charge is 0.138 e. The molecule has 0 aliphatic heterocycles. The van der Waals surface area contributed by atoms with Gasteiger partial charge in [-0.2, -0.15) is 5.10 Å². The van der Waals surface area contributed by atoms with E-state index in [1.165, 1.54) is 6.33 Å². The molecule has 0 aliphatic rings. The van der Waals surface area contributed by atoms with Gasteiger partial charge in [-0.1, -0.05) is 42.5 Å². The number of aliphatic hydroxyl groups is 1. The Kier molecular flexibility index (Phi) is 3.01. The third-order valence-electron chi connectivity index (χ3n) is 3.36. The van der Waals surface area contributed by atoms with Crippen LogP contribution in [0.3, 0.4) is 0 Å². The molecule has 0 bridgehead atoms. The molecule has 0 aliphatic carbocycles. The summed E-state index contributed by atoms with van der Waals surface area (Å²) in [7, 11) is 1.83. The maximum absolute atomic E-state index is 10.4. The van der Waals surface area contributed by atoms with Crippen molar-refractivity contribution in [2.75, 3.05) is 0 Å². The van der Waals surface area contributed by atoms with E-state index in [2.05, 4.69) is 10.1 Å². The number of rotatable bonds is 3. The number of aliphatic hydroxyl groups excluding tert-OH is 1. The average molecular weight is 253 g/mol. The fraction of sp³-hybridized carbons (Fsp3) is 0.200. The van der Waals surface area contributed by atoms with Gasteiger partial charge in [0.15, 0.2) is 0 Å². The topological polar surface area (TPSA) is 50.9 Å². The van der Waals surface area contributed by atoms with Gasteiger partial charge >= 0.3 is 0 Å². The standard InChI is InChI=1S/C15H15N3O/c1-18-15(16-10-17-18)9-14(19)13-8-4-6-11-5-2-3-7-12(11)13/h2-8,10,14,19H,9H2,1H3. The highest BCUT2D eigenvalue weighted by atomic mass is 16.3. The van der Waals surface area contributed by atoms with E-state index >= 15 is 0 Å². The van der Waals surface area contributed by atoms with Crippen molar-refractivity contribution < 1.29 is 5.11 Å². The van der Waals surface area contributed by atoms with Gasteiger partial charge in [0, 0.05) is 13.5 Å². The van der Waals surface area contributed by atoms with E-state index in [4.69, 9.17) is 0 Å². The van der Waals surface area contributed by atoms with Crippen molar-refractivity contribution in [1.29, 1.82) is 0 Å². The van der Waals surface area contributed by atoms with Gasteiger partial charge in [0.2, 0.25) is 0 Å². The minimum Gasteiger partial charge on any atom is -0.388 e. The van der Waals surface area contributed by atoms with E-state index in [0.717, 1.165) is 22.2 Å². The van der Waals surface area contributed by atoms with E-state index in [-0.39, 0.29) is 0 Å². The van der Waals surface area contributed by atoms with E-state index in [1.807, 2.05) is 49.5 Å². The van der Waals surface area contributed by atoms with Crippen LogP contribution in [0.25, 0.3) is 10.8 Å². The molecule has 0 amide bonds. The quantitative estimate of drug-likeness (QED) is 0.779. The summed E-state index contributed by atoms with van der Waals surface area (Å²) in [6.07, 6.45) is 1.39. The molecule has 4 nitrogen and oxygen atoms in total. The highest BCUT2D eigenvalue weighted by Gasteiger charge is 2.14. The normalized spacial score (nSPS) is 12.7. The molecule has 2 aromatic carbocycles. The first kappa shape index (κ1) is 11.9. The fourth-order valence-corrected chi connectivity index (χ4v) is 2.33. The molecule has 1 unspecified atom stereocenters. The summed E-state index contributed by atoms with van der Waals surface area (Å²) < 4.78 is 1.69. The van der Waals surface area contributed by atoms with Gasteiger partial charge in [0.1, 0.15) is 12.2 Å². The second kappa shape index (κ2) is 4.82. The Morgan fingerprint density at radius 1 is 1.16 bits per heavy atom. The van der Waals surface area contributed by atoms with Crippen LogP contribution >= 0.6 is 0 Å². The van der Waals surface area contributed by atoms with E-state index < -0.39 is 6.10 Å². The summed E-state index contributed by atoms with van der Waals surface area (Å²) in [6, 6.07) is 14.1. The largest absolute Gasteiger partial charge is 0.388 e. The van der Waals surface area contributed by atoms with Gasteiger partial charge < -0.3 is 5.11 Å². The van der Waals surface area contributed by atoms with Crippen molar-refractivity contribution in [2.24, 2.45) is 7.05 Å². The van der Waals surface area contributed by atoms with Crippen LogP contribution in [0.2, 0.25) is 0 Å². The second-order valence-electron chi connectivity index (χ2n) is 4.59. The van der Waals surface area contributed by atoms with Gasteiger partial charge in [-0.25, -0.2) is 4.98 Å². The van der Waals surface area contributed by atoms with Crippen molar-refractivity contribution in [3.05, 3.63) is 60.2 Å². The predicted molar refractivity (Wildman–Crippen MR) is 73.6 cm³/mol. The fourth-order valence-electron chi connectivity index (χ4n) is 2.33. The minimum atomic E-state index is -0.575. The summed E-state index contributed by atoms with van der Waals surface area (Å²) in [5, 5.41) is 16.7. The molecule has 96 valence electrons. The molecule has 0 saturated carbocycles. The Balaban J connectivity index is 1.98. The van der Waals surface area contributed by atoms with Crippen LogP contribution in [0.1, 0.15) is 17.5 Å². The minimum absolute atomic E-state index is 0.463. The van der Waals surface area contributed by atoms with Gasteiger partial charge in [0.05, 0.1) is 6.10 Å². The highest BCUT2D eigenvalue weighted by molar-refractivity contribution is 5.85. The zero-order chi connectivity index (χ0) is 13.2. The van der Waals surface area contributed by atoms with Gasteiger partial charge in [-0.3, -0.25) is 4.68 Å². The van der Waals surface area contributed by atoms with Gasteiger partial charge in [0.25, 0.3) is 0 Å². The lowest BCUT2D eigenvalue weighted by Gasteiger charge is -2.13. The first-order chi connectivity index (χ1) is 9.25. The number of fused-ring (bicyclic) bond motifs is 1. The first-order valence-corrected chi connectivity index (χ1v) is 6.24. The SMILES string of the molecule is Cn1ncnc1CC(O)c1cccc2ccccc12. The Labute approximate surface area is 111 Å². The molecule has 1 heterocycles. The number of nitrogens with zero attached hydrogens (tertiary/aromatic N) is 3. The van der Waals surface area contributed by atoms with Gasteiger partial charge in [-0.15, -0.1) is 0 Å². The zero-order valence-electron chi connectivity index (χ0n) is 10.7. The summed E-state index contributed by atoms with van der Waals surface area (Å²) in [5.74, 6) is 0.778. The molecular formula is C15H15N3O. The number of aromatic nitrogens is 3. The van der Waals surface area contributed by atoms with Crippen LogP contribution in [0.15, 0.2) is 48.8 Å². The Morgan fingerprint density at radius 3 is 2.74 bits per heavy atom. The lowest BCUT2D eigenvalue weighted by Crippen LogP contribution is -2.08. The lowest BCUT2D eigenvalue weighted by atomic mass is 9.98. The van der Waals surface area contributed by atoms with Crippen molar-refractivity contribution in [2.45, 2.75) is 12.5 Å². The molecule has 1 N–H and O–H groups in total. The summed E-state index contributed by atoms with van der Waals surface area (Å²) in [6.45, 7) is 0. The maximum Gasteiger partial charge on any atom is 0.138 e. The maximum atomic E-state index is 10.4. The van der Waals surface area contributed by atoms with Crippen molar-refractivity contribution in [3.63, 3.8) is 0 Å². The van der Waals surface area contributed by atoms with E-state index in [0.29, 0.717) is 6.42 Å². The molecule has 4 heteroatoms. The van der Waals surface area contributed by atoms with Crippen LogP contribution in [0.5, 0.6) is 0 Å². The van der Waals surface area contributed by atoms with E-state index in [9.17, 15) is 5.11 Å². The lowest BCUT2D eigenvalue weighted by molar-refractivity contribution is 0.176. The van der Waals surface area contributed by atoms with Crippen LogP contribution in [0, 0.1) is 0 Å².